The second-order valence-electron chi connectivity index (χ2n) is 4.05. The lowest BCUT2D eigenvalue weighted by molar-refractivity contribution is 0.622. The number of nitrogens with zero attached hydrogens (tertiary/aromatic N) is 2. The average molecular weight is 253 g/mol. The molecule has 0 fully saturated rings. The van der Waals surface area contributed by atoms with Crippen LogP contribution in [0.3, 0.4) is 0 Å². The fourth-order valence-electron chi connectivity index (χ4n) is 1.89. The van der Waals surface area contributed by atoms with Crippen LogP contribution in [0.2, 0.25) is 0 Å². The van der Waals surface area contributed by atoms with Crippen molar-refractivity contribution in [2.75, 3.05) is 12.0 Å². The summed E-state index contributed by atoms with van der Waals surface area (Å²) < 4.78 is 15.0. The Bertz CT molecular complexity index is 524. The molecule has 1 aromatic carbocycles. The SMILES string of the molecule is CSCCC(N)c1nc2ccc(F)cc2n1C. The number of thioether (sulfide) groups is 1. The van der Waals surface area contributed by atoms with E-state index in [2.05, 4.69) is 11.2 Å². The van der Waals surface area contributed by atoms with Gasteiger partial charge < -0.3 is 10.3 Å². The number of benzene rings is 1. The maximum atomic E-state index is 13.2. The van der Waals surface area contributed by atoms with Crippen molar-refractivity contribution in [1.82, 2.24) is 9.55 Å². The van der Waals surface area contributed by atoms with Crippen molar-refractivity contribution in [3.05, 3.63) is 29.8 Å². The van der Waals surface area contributed by atoms with Crippen LogP contribution >= 0.6 is 11.8 Å². The lowest BCUT2D eigenvalue weighted by Crippen LogP contribution is -2.16. The molecule has 2 rings (SSSR count). The Kier molecular flexibility index (Phi) is 3.69. The van der Waals surface area contributed by atoms with Crippen LogP contribution in [0.5, 0.6) is 0 Å². The highest BCUT2D eigenvalue weighted by Gasteiger charge is 2.14. The fraction of sp³-hybridized carbons (Fsp3) is 0.417. The zero-order valence-corrected chi connectivity index (χ0v) is 10.8. The summed E-state index contributed by atoms with van der Waals surface area (Å²) >= 11 is 1.76. The maximum absolute atomic E-state index is 13.2. The molecule has 0 saturated carbocycles. The number of nitrogens with two attached hydrogens (primary N) is 1. The third-order valence-corrected chi connectivity index (χ3v) is 3.49. The Morgan fingerprint density at radius 3 is 3.00 bits per heavy atom. The minimum absolute atomic E-state index is 0.0945. The van der Waals surface area contributed by atoms with Crippen LogP contribution in [0, 0.1) is 5.82 Å². The van der Waals surface area contributed by atoms with Gasteiger partial charge in [-0.1, -0.05) is 0 Å². The summed E-state index contributed by atoms with van der Waals surface area (Å²) in [5.74, 6) is 1.57. The first kappa shape index (κ1) is 12.4. The average Bonchev–Trinajstić information content (AvgIpc) is 2.64. The van der Waals surface area contributed by atoms with Crippen LogP contribution < -0.4 is 5.73 Å². The molecule has 0 radical (unpaired) electrons. The van der Waals surface area contributed by atoms with E-state index in [0.29, 0.717) is 0 Å². The summed E-state index contributed by atoms with van der Waals surface area (Å²) in [6.07, 6.45) is 2.93. The van der Waals surface area contributed by atoms with Gasteiger partial charge in [0.05, 0.1) is 17.1 Å². The van der Waals surface area contributed by atoms with E-state index in [4.69, 9.17) is 5.73 Å². The summed E-state index contributed by atoms with van der Waals surface area (Å²) in [6.45, 7) is 0. The molecule has 2 aromatic rings. The highest BCUT2D eigenvalue weighted by molar-refractivity contribution is 7.98. The first-order chi connectivity index (χ1) is 8.13. The number of hydrogen-bond acceptors (Lipinski definition) is 3. The van der Waals surface area contributed by atoms with Gasteiger partial charge in [-0.05, 0) is 36.6 Å². The molecule has 0 bridgehead atoms. The van der Waals surface area contributed by atoms with E-state index in [-0.39, 0.29) is 11.9 Å². The minimum Gasteiger partial charge on any atom is -0.330 e. The van der Waals surface area contributed by atoms with Crippen molar-refractivity contribution >= 4 is 22.8 Å². The van der Waals surface area contributed by atoms with E-state index in [9.17, 15) is 4.39 Å². The zero-order valence-electron chi connectivity index (χ0n) is 9.98. The number of aryl methyl sites for hydroxylation is 1. The molecule has 5 heteroatoms. The van der Waals surface area contributed by atoms with Gasteiger partial charge in [0.2, 0.25) is 0 Å². The van der Waals surface area contributed by atoms with Crippen LogP contribution in [-0.2, 0) is 7.05 Å². The van der Waals surface area contributed by atoms with Gasteiger partial charge >= 0.3 is 0 Å². The number of hydrogen-bond donors (Lipinski definition) is 1. The molecule has 1 unspecified atom stereocenters. The Hall–Kier alpha value is -1.07. The first-order valence-electron chi connectivity index (χ1n) is 5.50. The monoisotopic (exact) mass is 253 g/mol. The number of imidazole rings is 1. The second kappa shape index (κ2) is 5.06. The summed E-state index contributed by atoms with van der Waals surface area (Å²) in [5.41, 5.74) is 7.68. The number of halogens is 1. The maximum Gasteiger partial charge on any atom is 0.126 e. The van der Waals surface area contributed by atoms with Gasteiger partial charge in [-0.3, -0.25) is 0 Å². The van der Waals surface area contributed by atoms with Crippen LogP contribution in [0.15, 0.2) is 18.2 Å². The van der Waals surface area contributed by atoms with E-state index in [1.807, 2.05) is 11.6 Å². The number of aromatic nitrogens is 2. The van der Waals surface area contributed by atoms with Crippen LogP contribution in [0.1, 0.15) is 18.3 Å². The largest absolute Gasteiger partial charge is 0.330 e. The van der Waals surface area contributed by atoms with Crippen molar-refractivity contribution in [3.8, 4) is 0 Å². The smallest absolute Gasteiger partial charge is 0.126 e. The molecule has 2 N–H and O–H groups in total. The number of rotatable bonds is 4. The third kappa shape index (κ3) is 2.45. The molecule has 0 saturated heterocycles. The predicted molar refractivity (Wildman–Crippen MR) is 70.6 cm³/mol. The summed E-state index contributed by atoms with van der Waals surface area (Å²) in [7, 11) is 1.88. The topological polar surface area (TPSA) is 43.8 Å². The lowest BCUT2D eigenvalue weighted by Gasteiger charge is -2.10. The summed E-state index contributed by atoms with van der Waals surface area (Å²) in [4.78, 5) is 4.47. The molecule has 1 atom stereocenters. The minimum atomic E-state index is -0.246. The standard InChI is InChI=1S/C12H16FN3S/c1-16-11-7-8(13)3-4-10(11)15-12(16)9(14)5-6-17-2/h3-4,7,9H,5-6,14H2,1-2H3. The van der Waals surface area contributed by atoms with Crippen molar-refractivity contribution in [3.63, 3.8) is 0 Å². The highest BCUT2D eigenvalue weighted by Crippen LogP contribution is 2.21. The summed E-state index contributed by atoms with van der Waals surface area (Å²) in [6, 6.07) is 4.51. The first-order valence-corrected chi connectivity index (χ1v) is 6.89. The Morgan fingerprint density at radius 2 is 2.29 bits per heavy atom. The van der Waals surface area contributed by atoms with Crippen LogP contribution in [0.25, 0.3) is 11.0 Å². The quantitative estimate of drug-likeness (QED) is 0.910. The molecule has 1 aromatic heterocycles. The van der Waals surface area contributed by atoms with E-state index < -0.39 is 0 Å². The van der Waals surface area contributed by atoms with E-state index in [0.717, 1.165) is 29.0 Å². The molecule has 0 aliphatic heterocycles. The normalized spacial score (nSPS) is 13.2. The van der Waals surface area contributed by atoms with Gasteiger partial charge in [-0.15, -0.1) is 0 Å². The fourth-order valence-corrected chi connectivity index (χ4v) is 2.38. The van der Waals surface area contributed by atoms with Crippen molar-refractivity contribution < 1.29 is 4.39 Å². The van der Waals surface area contributed by atoms with Gasteiger partial charge in [-0.2, -0.15) is 11.8 Å². The predicted octanol–water partition coefficient (Wildman–Crippen LogP) is 2.47. The molecule has 3 nitrogen and oxygen atoms in total. The van der Waals surface area contributed by atoms with Gasteiger partial charge in [0.1, 0.15) is 11.6 Å². The molecule has 1 heterocycles. The Morgan fingerprint density at radius 1 is 1.53 bits per heavy atom. The molecule has 0 amide bonds. The van der Waals surface area contributed by atoms with Crippen LogP contribution in [-0.4, -0.2) is 21.6 Å². The van der Waals surface area contributed by atoms with Gasteiger partial charge in [-0.25, -0.2) is 9.37 Å². The molecule has 0 spiro atoms. The zero-order chi connectivity index (χ0) is 12.4. The van der Waals surface area contributed by atoms with Crippen molar-refractivity contribution in [1.29, 1.82) is 0 Å². The van der Waals surface area contributed by atoms with Crippen molar-refractivity contribution in [2.45, 2.75) is 12.5 Å². The molecular weight excluding hydrogens is 237 g/mol. The van der Waals surface area contributed by atoms with Gasteiger partial charge in [0, 0.05) is 7.05 Å². The second-order valence-corrected chi connectivity index (χ2v) is 5.04. The van der Waals surface area contributed by atoms with Crippen molar-refractivity contribution in [2.24, 2.45) is 12.8 Å². The highest BCUT2D eigenvalue weighted by atomic mass is 32.2. The molecule has 0 aliphatic carbocycles. The Balaban J connectivity index is 2.38. The Labute approximate surface area is 104 Å². The van der Waals surface area contributed by atoms with Gasteiger partial charge in [0.15, 0.2) is 0 Å². The molecule has 0 aliphatic rings. The van der Waals surface area contributed by atoms with Crippen LogP contribution in [0.4, 0.5) is 4.39 Å². The molecule has 92 valence electrons. The molecule has 17 heavy (non-hydrogen) atoms. The van der Waals surface area contributed by atoms with E-state index in [1.165, 1.54) is 12.1 Å². The lowest BCUT2D eigenvalue weighted by atomic mass is 10.2. The van der Waals surface area contributed by atoms with E-state index >= 15 is 0 Å². The number of fused-ring (bicyclic) bond motifs is 1. The third-order valence-electron chi connectivity index (χ3n) is 2.84. The summed E-state index contributed by atoms with van der Waals surface area (Å²) in [5, 5.41) is 0. The van der Waals surface area contributed by atoms with E-state index in [1.54, 1.807) is 17.8 Å². The molecular formula is C12H16FN3S. The van der Waals surface area contributed by atoms with Gasteiger partial charge in [0.25, 0.3) is 0 Å².